The Morgan fingerprint density at radius 3 is 2.57 bits per heavy atom. The van der Waals surface area contributed by atoms with Crippen molar-refractivity contribution < 1.29 is 9.59 Å². The Morgan fingerprint density at radius 2 is 2.00 bits per heavy atom. The van der Waals surface area contributed by atoms with Gasteiger partial charge in [0.1, 0.15) is 5.54 Å². The van der Waals surface area contributed by atoms with E-state index in [0.717, 1.165) is 32.1 Å². The van der Waals surface area contributed by atoms with Gasteiger partial charge >= 0.3 is 6.03 Å². The lowest BCUT2D eigenvalue weighted by atomic mass is 9.89. The molecule has 1 aliphatic rings. The molecule has 0 bridgehead atoms. The summed E-state index contributed by atoms with van der Waals surface area (Å²) in [7, 11) is 0. The number of rotatable bonds is 6. The highest BCUT2D eigenvalue weighted by molar-refractivity contribution is 5.89. The normalized spacial score (nSPS) is 18.7. The van der Waals surface area contributed by atoms with E-state index < -0.39 is 11.4 Å². The number of imidazole rings is 1. The highest BCUT2D eigenvalue weighted by atomic mass is 16.2. The van der Waals surface area contributed by atoms with Crippen molar-refractivity contribution in [2.45, 2.75) is 63.5 Å². The van der Waals surface area contributed by atoms with Crippen LogP contribution in [0.4, 0.5) is 4.79 Å². The number of hydrogen-bond acceptors (Lipinski definition) is 3. The topological polar surface area (TPSA) is 102 Å². The Hall–Kier alpha value is -2.05. The molecule has 1 aliphatic carbocycles. The molecular weight excluding hydrogens is 294 g/mol. The minimum Gasteiger partial charge on any atom is -0.368 e. The third-order valence-corrected chi connectivity index (χ3v) is 4.66. The van der Waals surface area contributed by atoms with Crippen molar-refractivity contribution >= 4 is 11.9 Å². The summed E-state index contributed by atoms with van der Waals surface area (Å²) >= 11 is 0. The van der Waals surface area contributed by atoms with Gasteiger partial charge in [-0.05, 0) is 26.2 Å². The van der Waals surface area contributed by atoms with E-state index in [4.69, 9.17) is 5.73 Å². The molecule has 2 rings (SSSR count). The van der Waals surface area contributed by atoms with Crippen LogP contribution in [0.15, 0.2) is 18.7 Å². The van der Waals surface area contributed by atoms with Gasteiger partial charge < -0.3 is 20.9 Å². The molecule has 7 heteroatoms. The van der Waals surface area contributed by atoms with Gasteiger partial charge in [0.2, 0.25) is 5.91 Å². The first kappa shape index (κ1) is 17.3. The Bertz CT molecular complexity index is 507. The number of nitrogens with zero attached hydrogens (tertiary/aromatic N) is 2. The second-order valence-electron chi connectivity index (χ2n) is 6.39. The fourth-order valence-corrected chi connectivity index (χ4v) is 3.10. The maximum absolute atomic E-state index is 12.2. The summed E-state index contributed by atoms with van der Waals surface area (Å²) in [6, 6.07) is -0.0655. The summed E-state index contributed by atoms with van der Waals surface area (Å²) in [5.41, 5.74) is 4.68. The molecule has 0 saturated heterocycles. The van der Waals surface area contributed by atoms with Crippen molar-refractivity contribution in [3.63, 3.8) is 0 Å². The zero-order chi connectivity index (χ0) is 16.7. The molecule has 7 nitrogen and oxygen atoms in total. The van der Waals surface area contributed by atoms with E-state index in [1.54, 1.807) is 12.5 Å². The minimum atomic E-state index is -0.892. The molecule has 1 atom stereocenters. The smallest absolute Gasteiger partial charge is 0.315 e. The molecule has 128 valence electrons. The molecule has 1 fully saturated rings. The van der Waals surface area contributed by atoms with Crippen molar-refractivity contribution in [1.82, 2.24) is 20.2 Å². The predicted octanol–water partition coefficient (Wildman–Crippen LogP) is 1.71. The van der Waals surface area contributed by atoms with Gasteiger partial charge in [-0.2, -0.15) is 0 Å². The Kier molecular flexibility index (Phi) is 6.01. The lowest BCUT2D eigenvalue weighted by Crippen LogP contribution is -2.59. The fraction of sp³-hybridized carbons (Fsp3) is 0.688. The highest BCUT2D eigenvalue weighted by Gasteiger charge is 2.38. The molecule has 0 radical (unpaired) electrons. The number of hydrogen-bond donors (Lipinski definition) is 3. The Labute approximate surface area is 137 Å². The van der Waals surface area contributed by atoms with Crippen molar-refractivity contribution in [2.24, 2.45) is 5.73 Å². The van der Waals surface area contributed by atoms with Crippen LogP contribution in [0.3, 0.4) is 0 Å². The van der Waals surface area contributed by atoms with Gasteiger partial charge in [0.05, 0.1) is 6.33 Å². The maximum Gasteiger partial charge on any atom is 0.315 e. The number of carbonyl (C=O) groups excluding carboxylic acids is 2. The second-order valence-corrected chi connectivity index (χ2v) is 6.39. The number of nitrogens with one attached hydrogen (secondary N) is 2. The molecule has 0 unspecified atom stereocenters. The van der Waals surface area contributed by atoms with Gasteiger partial charge in [-0.1, -0.05) is 25.7 Å². The molecule has 1 aromatic rings. The van der Waals surface area contributed by atoms with Crippen LogP contribution in [0, 0.1) is 0 Å². The third-order valence-electron chi connectivity index (χ3n) is 4.66. The van der Waals surface area contributed by atoms with E-state index in [-0.39, 0.29) is 12.1 Å². The largest absolute Gasteiger partial charge is 0.368 e. The zero-order valence-corrected chi connectivity index (χ0v) is 13.8. The minimum absolute atomic E-state index is 0.251. The van der Waals surface area contributed by atoms with E-state index in [1.165, 1.54) is 0 Å². The van der Waals surface area contributed by atoms with Gasteiger partial charge in [-0.3, -0.25) is 4.79 Å². The van der Waals surface area contributed by atoms with Crippen molar-refractivity contribution in [2.75, 3.05) is 6.54 Å². The van der Waals surface area contributed by atoms with Gasteiger partial charge in [0, 0.05) is 25.0 Å². The van der Waals surface area contributed by atoms with Gasteiger partial charge in [-0.25, -0.2) is 9.78 Å². The number of amides is 3. The second kappa shape index (κ2) is 7.99. The van der Waals surface area contributed by atoms with Gasteiger partial charge in [-0.15, -0.1) is 0 Å². The molecule has 0 spiro atoms. The predicted molar refractivity (Wildman–Crippen MR) is 87.7 cm³/mol. The number of primary amides is 1. The van der Waals surface area contributed by atoms with E-state index in [2.05, 4.69) is 22.5 Å². The summed E-state index contributed by atoms with van der Waals surface area (Å²) in [5.74, 6) is -0.429. The molecule has 0 aromatic carbocycles. The van der Waals surface area contributed by atoms with Crippen LogP contribution in [0.5, 0.6) is 0 Å². The van der Waals surface area contributed by atoms with Crippen LogP contribution < -0.4 is 16.4 Å². The summed E-state index contributed by atoms with van der Waals surface area (Å²) in [5, 5.41) is 5.67. The van der Waals surface area contributed by atoms with Crippen LogP contribution in [-0.4, -0.2) is 33.6 Å². The van der Waals surface area contributed by atoms with E-state index in [9.17, 15) is 9.59 Å². The number of nitrogens with two attached hydrogens (primary N) is 1. The van der Waals surface area contributed by atoms with Crippen LogP contribution in [0.25, 0.3) is 0 Å². The number of urea groups is 1. The monoisotopic (exact) mass is 321 g/mol. The van der Waals surface area contributed by atoms with Crippen LogP contribution in [0.1, 0.15) is 57.9 Å². The molecule has 0 aliphatic heterocycles. The Morgan fingerprint density at radius 1 is 1.30 bits per heavy atom. The highest BCUT2D eigenvalue weighted by Crippen LogP contribution is 2.26. The van der Waals surface area contributed by atoms with E-state index in [0.29, 0.717) is 19.4 Å². The average molecular weight is 321 g/mol. The first-order valence-corrected chi connectivity index (χ1v) is 8.37. The summed E-state index contributed by atoms with van der Waals surface area (Å²) in [4.78, 5) is 28.0. The van der Waals surface area contributed by atoms with E-state index >= 15 is 0 Å². The van der Waals surface area contributed by atoms with Crippen molar-refractivity contribution in [1.29, 1.82) is 0 Å². The molecule has 23 heavy (non-hydrogen) atoms. The SMILES string of the molecule is C[C@@H](CCNC(=O)NC1(C(N)=O)CCCCCC1)n1ccnc1. The lowest BCUT2D eigenvalue weighted by Gasteiger charge is -2.30. The molecule has 1 aromatic heterocycles. The van der Waals surface area contributed by atoms with Crippen LogP contribution in [-0.2, 0) is 4.79 Å². The maximum atomic E-state index is 12.2. The van der Waals surface area contributed by atoms with Crippen molar-refractivity contribution in [3.8, 4) is 0 Å². The third kappa shape index (κ3) is 4.71. The molecule has 4 N–H and O–H groups in total. The zero-order valence-electron chi connectivity index (χ0n) is 13.8. The number of aromatic nitrogens is 2. The van der Waals surface area contributed by atoms with Gasteiger partial charge in [0.25, 0.3) is 0 Å². The summed E-state index contributed by atoms with van der Waals surface area (Å²) < 4.78 is 2.00. The Balaban J connectivity index is 1.81. The lowest BCUT2D eigenvalue weighted by molar-refractivity contribution is -0.124. The fourth-order valence-electron chi connectivity index (χ4n) is 3.10. The first-order chi connectivity index (χ1) is 11.0. The molecular formula is C16H27N5O2. The standard InChI is InChI=1S/C16H27N5O2/c1-13(21-11-10-18-12-21)6-9-19-15(23)20-16(14(17)22)7-4-2-3-5-8-16/h10-13H,2-9H2,1H3,(H2,17,22)(H2,19,20,23)/t13-/m0/s1. The summed E-state index contributed by atoms with van der Waals surface area (Å²) in [6.07, 6.45) is 11.4. The van der Waals surface area contributed by atoms with Crippen LogP contribution in [0.2, 0.25) is 0 Å². The molecule has 1 heterocycles. The quantitative estimate of drug-likeness (QED) is 0.695. The number of carbonyl (C=O) groups is 2. The van der Waals surface area contributed by atoms with Gasteiger partial charge in [0.15, 0.2) is 0 Å². The van der Waals surface area contributed by atoms with Crippen molar-refractivity contribution in [3.05, 3.63) is 18.7 Å². The average Bonchev–Trinajstić information content (AvgIpc) is 2.94. The molecule has 3 amide bonds. The summed E-state index contributed by atoms with van der Waals surface area (Å²) in [6.45, 7) is 2.59. The van der Waals surface area contributed by atoms with E-state index in [1.807, 2.05) is 10.8 Å². The molecule has 1 saturated carbocycles. The first-order valence-electron chi connectivity index (χ1n) is 8.37. The van der Waals surface area contributed by atoms with Crippen LogP contribution >= 0.6 is 0 Å².